The number of amides is 1. The summed E-state index contributed by atoms with van der Waals surface area (Å²) < 4.78 is 10.3. The van der Waals surface area contributed by atoms with Crippen molar-refractivity contribution in [3.8, 4) is 17.9 Å². The molecule has 0 aromatic heterocycles. The van der Waals surface area contributed by atoms with Crippen LogP contribution in [0.15, 0.2) is 48.5 Å². The maximum absolute atomic E-state index is 12.0. The van der Waals surface area contributed by atoms with Gasteiger partial charge in [-0.1, -0.05) is 12.1 Å². The summed E-state index contributed by atoms with van der Waals surface area (Å²) in [5.74, 6) is -0.984. The molecular formula is C19H15N3O4. The molecule has 2 aromatic carbocycles. The molecule has 0 saturated heterocycles. The summed E-state index contributed by atoms with van der Waals surface area (Å²) in [6.45, 7) is 1.01. The van der Waals surface area contributed by atoms with Crippen LogP contribution in [0.3, 0.4) is 0 Å². The van der Waals surface area contributed by atoms with E-state index in [1.807, 2.05) is 12.1 Å². The zero-order valence-corrected chi connectivity index (χ0v) is 13.9. The lowest BCUT2D eigenvalue weighted by molar-refractivity contribution is -0.155. The molecule has 0 heterocycles. The third-order valence-electron chi connectivity index (χ3n) is 3.31. The summed E-state index contributed by atoms with van der Waals surface area (Å²) in [7, 11) is 0. The number of anilines is 1. The van der Waals surface area contributed by atoms with Crippen molar-refractivity contribution in [3.05, 3.63) is 59.7 Å². The summed E-state index contributed by atoms with van der Waals surface area (Å²) in [6, 6.07) is 16.7. The Labute approximate surface area is 150 Å². The van der Waals surface area contributed by atoms with Gasteiger partial charge in [-0.3, -0.25) is 4.79 Å². The zero-order chi connectivity index (χ0) is 18.9. The first-order valence-electron chi connectivity index (χ1n) is 7.66. The molecule has 0 saturated carbocycles. The number of hydrogen-bond acceptors (Lipinski definition) is 6. The molecule has 0 spiro atoms. The number of nitrogens with one attached hydrogen (secondary N) is 1. The third kappa shape index (κ3) is 5.08. The van der Waals surface area contributed by atoms with Crippen LogP contribution in [0.2, 0.25) is 0 Å². The fraction of sp³-hybridized carbons (Fsp3) is 0.158. The molecule has 0 aliphatic carbocycles. The number of rotatable bonds is 6. The minimum atomic E-state index is -1.03. The zero-order valence-electron chi connectivity index (χ0n) is 13.9. The molecule has 0 unspecified atom stereocenters. The highest BCUT2D eigenvalue weighted by Crippen LogP contribution is 2.16. The molecule has 0 bridgehead atoms. The molecule has 0 radical (unpaired) electrons. The van der Waals surface area contributed by atoms with E-state index in [0.29, 0.717) is 16.8 Å². The molecule has 1 amide bonds. The molecule has 26 heavy (non-hydrogen) atoms. The Balaban J connectivity index is 1.84. The van der Waals surface area contributed by atoms with Crippen LogP contribution in [0, 0.1) is 22.7 Å². The van der Waals surface area contributed by atoms with Crippen LogP contribution in [0.25, 0.3) is 0 Å². The summed E-state index contributed by atoms with van der Waals surface area (Å²) in [5.41, 5.74) is 1.25. The summed E-state index contributed by atoms with van der Waals surface area (Å²) in [6.07, 6.45) is -1.03. The second-order valence-electron chi connectivity index (χ2n) is 5.21. The van der Waals surface area contributed by atoms with Gasteiger partial charge in [0, 0.05) is 5.69 Å². The van der Waals surface area contributed by atoms with E-state index in [1.54, 1.807) is 48.5 Å². The van der Waals surface area contributed by atoms with Crippen LogP contribution in [0.4, 0.5) is 5.69 Å². The van der Waals surface area contributed by atoms with Gasteiger partial charge in [0.05, 0.1) is 17.2 Å². The first-order chi connectivity index (χ1) is 12.5. The minimum Gasteiger partial charge on any atom is -0.481 e. The van der Waals surface area contributed by atoms with E-state index in [0.717, 1.165) is 0 Å². The first kappa shape index (κ1) is 18.5. The standard InChI is InChI=1S/C19H15N3O4/c1-13(19(24)22-16-8-6-14(10-20)7-9-16)26-18(23)12-25-17-5-3-2-4-15(17)11-21/h2-9,13H,12H2,1H3,(H,22,24)/t13-/m1/s1. The van der Waals surface area contributed by atoms with Crippen molar-refractivity contribution in [2.24, 2.45) is 0 Å². The van der Waals surface area contributed by atoms with E-state index in [-0.39, 0.29) is 5.75 Å². The van der Waals surface area contributed by atoms with Gasteiger partial charge in [0.25, 0.3) is 5.91 Å². The first-order valence-corrected chi connectivity index (χ1v) is 7.66. The predicted octanol–water partition coefficient (Wildman–Crippen LogP) is 2.38. The SMILES string of the molecule is C[C@@H](OC(=O)COc1ccccc1C#N)C(=O)Nc1ccc(C#N)cc1. The molecule has 7 heteroatoms. The highest BCUT2D eigenvalue weighted by molar-refractivity contribution is 5.95. The molecule has 1 N–H and O–H groups in total. The van der Waals surface area contributed by atoms with Crippen molar-refractivity contribution in [3.63, 3.8) is 0 Å². The predicted molar refractivity (Wildman–Crippen MR) is 92.0 cm³/mol. The van der Waals surface area contributed by atoms with Crippen molar-refractivity contribution in [2.45, 2.75) is 13.0 Å². The number of nitrogens with zero attached hydrogens (tertiary/aromatic N) is 2. The number of ether oxygens (including phenoxy) is 2. The Morgan fingerprint density at radius 3 is 2.42 bits per heavy atom. The van der Waals surface area contributed by atoms with Crippen LogP contribution >= 0.6 is 0 Å². The lowest BCUT2D eigenvalue weighted by Crippen LogP contribution is -2.31. The van der Waals surface area contributed by atoms with E-state index in [2.05, 4.69) is 5.32 Å². The molecule has 0 aliphatic rings. The minimum absolute atomic E-state index is 0.265. The molecule has 0 aliphatic heterocycles. The van der Waals surface area contributed by atoms with E-state index in [4.69, 9.17) is 20.0 Å². The lowest BCUT2D eigenvalue weighted by Gasteiger charge is -2.14. The number of benzene rings is 2. The maximum Gasteiger partial charge on any atom is 0.344 e. The lowest BCUT2D eigenvalue weighted by atomic mass is 10.2. The topological polar surface area (TPSA) is 112 Å². The van der Waals surface area contributed by atoms with Crippen molar-refractivity contribution >= 4 is 17.6 Å². The fourth-order valence-corrected chi connectivity index (χ4v) is 1.98. The van der Waals surface area contributed by atoms with Crippen molar-refractivity contribution in [1.29, 1.82) is 10.5 Å². The Morgan fingerprint density at radius 2 is 1.77 bits per heavy atom. The van der Waals surface area contributed by atoms with Gasteiger partial charge in [-0.25, -0.2) is 4.79 Å². The van der Waals surface area contributed by atoms with Gasteiger partial charge >= 0.3 is 5.97 Å². The summed E-state index contributed by atoms with van der Waals surface area (Å²) >= 11 is 0. The van der Waals surface area contributed by atoms with Gasteiger partial charge in [-0.05, 0) is 43.3 Å². The largest absolute Gasteiger partial charge is 0.481 e. The molecule has 1 atom stereocenters. The van der Waals surface area contributed by atoms with E-state index >= 15 is 0 Å². The Morgan fingerprint density at radius 1 is 1.08 bits per heavy atom. The maximum atomic E-state index is 12.0. The third-order valence-corrected chi connectivity index (χ3v) is 3.31. The number of carbonyl (C=O) groups is 2. The summed E-state index contributed by atoms with van der Waals surface area (Å²) in [5, 5.41) is 20.3. The van der Waals surface area contributed by atoms with Gasteiger partial charge < -0.3 is 14.8 Å². The highest BCUT2D eigenvalue weighted by atomic mass is 16.6. The number of esters is 1. The monoisotopic (exact) mass is 349 g/mol. The second-order valence-corrected chi connectivity index (χ2v) is 5.21. The average molecular weight is 349 g/mol. The molecule has 0 fully saturated rings. The quantitative estimate of drug-likeness (QED) is 0.801. The number of para-hydroxylation sites is 1. The second kappa shape index (κ2) is 8.86. The van der Waals surface area contributed by atoms with Crippen LogP contribution in [-0.2, 0) is 14.3 Å². The molecular weight excluding hydrogens is 334 g/mol. The molecule has 2 rings (SSSR count). The normalized spacial score (nSPS) is 10.7. The van der Waals surface area contributed by atoms with Gasteiger partial charge in [0.2, 0.25) is 0 Å². The van der Waals surface area contributed by atoms with Gasteiger partial charge in [-0.2, -0.15) is 10.5 Å². The van der Waals surface area contributed by atoms with Gasteiger partial charge in [0.1, 0.15) is 11.8 Å². The average Bonchev–Trinajstić information content (AvgIpc) is 2.67. The van der Waals surface area contributed by atoms with Crippen molar-refractivity contribution in [1.82, 2.24) is 0 Å². The van der Waals surface area contributed by atoms with Crippen molar-refractivity contribution in [2.75, 3.05) is 11.9 Å². The van der Waals surface area contributed by atoms with Crippen molar-refractivity contribution < 1.29 is 19.1 Å². The molecule has 7 nitrogen and oxygen atoms in total. The molecule has 2 aromatic rings. The van der Waals surface area contributed by atoms with Crippen LogP contribution < -0.4 is 10.1 Å². The fourth-order valence-electron chi connectivity index (χ4n) is 1.98. The van der Waals surface area contributed by atoms with Gasteiger partial charge in [-0.15, -0.1) is 0 Å². The van der Waals surface area contributed by atoms with E-state index in [1.165, 1.54) is 6.92 Å². The Bertz CT molecular complexity index is 879. The number of hydrogen-bond donors (Lipinski definition) is 1. The number of nitriles is 2. The van der Waals surface area contributed by atoms with E-state index in [9.17, 15) is 9.59 Å². The van der Waals surface area contributed by atoms with Crippen LogP contribution in [-0.4, -0.2) is 24.6 Å². The molecule has 130 valence electrons. The van der Waals surface area contributed by atoms with E-state index < -0.39 is 24.6 Å². The Kier molecular flexibility index (Phi) is 6.30. The van der Waals surface area contributed by atoms with Crippen LogP contribution in [0.1, 0.15) is 18.1 Å². The number of carbonyl (C=O) groups excluding carboxylic acids is 2. The highest BCUT2D eigenvalue weighted by Gasteiger charge is 2.18. The smallest absolute Gasteiger partial charge is 0.344 e. The summed E-state index contributed by atoms with van der Waals surface area (Å²) in [4.78, 5) is 23.9. The van der Waals surface area contributed by atoms with Gasteiger partial charge in [0.15, 0.2) is 12.7 Å². The van der Waals surface area contributed by atoms with Crippen LogP contribution in [0.5, 0.6) is 5.75 Å². The Hall–Kier alpha value is -3.84.